The Morgan fingerprint density at radius 2 is 2.10 bits per heavy atom. The van der Waals surface area contributed by atoms with Crippen LogP contribution in [0, 0.1) is 0 Å². The summed E-state index contributed by atoms with van der Waals surface area (Å²) >= 11 is -1.37. The summed E-state index contributed by atoms with van der Waals surface area (Å²) in [5.74, 6) is -1.72. The Kier molecular flexibility index (Phi) is 9.27. The van der Waals surface area contributed by atoms with Crippen molar-refractivity contribution in [3.63, 3.8) is 0 Å². The maximum atomic E-state index is 11.8. The minimum absolute atomic E-state index is 0.00149. The van der Waals surface area contributed by atoms with Crippen LogP contribution in [0.2, 0.25) is 0 Å². The first-order valence-electron chi connectivity index (χ1n) is 6.32. The fourth-order valence-electron chi connectivity index (χ4n) is 1.35. The first kappa shape index (κ1) is 19.3. The van der Waals surface area contributed by atoms with Crippen LogP contribution in [-0.4, -0.2) is 57.4 Å². The van der Waals surface area contributed by atoms with Crippen LogP contribution in [0.15, 0.2) is 0 Å². The predicted molar refractivity (Wildman–Crippen MR) is 76.0 cm³/mol. The van der Waals surface area contributed by atoms with E-state index in [1.54, 1.807) is 6.92 Å². The molecule has 0 bridgehead atoms. The van der Waals surface area contributed by atoms with E-state index >= 15 is 0 Å². The van der Waals surface area contributed by atoms with Gasteiger partial charge >= 0.3 is 12.2 Å². The van der Waals surface area contributed by atoms with Gasteiger partial charge in [0.25, 0.3) is 5.91 Å². The number of carbonyl (C=O) groups excluding carboxylic acids is 3. The van der Waals surface area contributed by atoms with Gasteiger partial charge in [-0.25, -0.2) is 4.79 Å². The van der Waals surface area contributed by atoms with Crippen LogP contribution in [-0.2, 0) is 30.3 Å². The molecule has 0 aromatic heterocycles. The molecule has 9 heteroatoms. The van der Waals surface area contributed by atoms with Crippen molar-refractivity contribution in [1.82, 2.24) is 5.32 Å². The fraction of sp³-hybridized carbons (Fsp3) is 0.667. The number of amides is 1. The number of hydrogen-bond acceptors (Lipinski definition) is 5. The number of nitrogens with zero attached hydrogens (tertiary/aromatic N) is 2. The zero-order chi connectivity index (χ0) is 16.4. The summed E-state index contributed by atoms with van der Waals surface area (Å²) in [6, 6.07) is -1.01. The number of ketones is 1. The summed E-state index contributed by atoms with van der Waals surface area (Å²) in [5, 5.41) is 1.63. The van der Waals surface area contributed by atoms with Gasteiger partial charge in [-0.15, -0.1) is 0 Å². The van der Waals surface area contributed by atoms with E-state index in [-0.39, 0.29) is 19.4 Å². The molecule has 0 aliphatic rings. The number of hydrogen-bond donors (Lipinski definition) is 1. The molecule has 0 heterocycles. The molecule has 118 valence electrons. The van der Waals surface area contributed by atoms with Crippen LogP contribution in [0.3, 0.4) is 0 Å². The monoisotopic (exact) mass is 317 g/mol. The van der Waals surface area contributed by atoms with Crippen molar-refractivity contribution in [1.29, 1.82) is 0 Å². The second-order valence-corrected chi connectivity index (χ2v) is 5.91. The van der Waals surface area contributed by atoms with E-state index in [0.29, 0.717) is 6.21 Å². The third-order valence-corrected chi connectivity index (χ3v) is 3.85. The van der Waals surface area contributed by atoms with E-state index < -0.39 is 40.1 Å². The van der Waals surface area contributed by atoms with Crippen molar-refractivity contribution in [3.05, 3.63) is 5.53 Å². The molecule has 1 unspecified atom stereocenters. The Morgan fingerprint density at radius 1 is 1.48 bits per heavy atom. The van der Waals surface area contributed by atoms with E-state index in [0.717, 1.165) is 0 Å². The lowest BCUT2D eigenvalue weighted by Gasteiger charge is -2.19. The molecule has 1 N–H and O–H groups in total. The molecule has 1 amide bonds. The van der Waals surface area contributed by atoms with Crippen molar-refractivity contribution in [2.24, 2.45) is 0 Å². The topological polar surface area (TPSA) is 132 Å². The molecule has 3 atom stereocenters. The Hall–Kier alpha value is -1.70. The maximum Gasteiger partial charge on any atom is 0.328 e. The van der Waals surface area contributed by atoms with Gasteiger partial charge in [0.1, 0.15) is 6.04 Å². The summed E-state index contributed by atoms with van der Waals surface area (Å²) in [6.45, 7) is 3.22. The van der Waals surface area contributed by atoms with E-state index in [2.05, 4.69) is 10.1 Å². The first-order chi connectivity index (χ1) is 9.83. The van der Waals surface area contributed by atoms with Crippen LogP contribution >= 0.6 is 0 Å². The predicted octanol–water partition coefficient (Wildman–Crippen LogP) is -0.549. The highest BCUT2D eigenvalue weighted by Gasteiger charge is 2.28. The Balaban J connectivity index is 4.74. The molecular weight excluding hydrogens is 298 g/mol. The van der Waals surface area contributed by atoms with Crippen LogP contribution in [0.25, 0.3) is 5.53 Å². The summed E-state index contributed by atoms with van der Waals surface area (Å²) in [5.41, 5.74) is 8.23. The molecule has 0 saturated carbocycles. The van der Waals surface area contributed by atoms with Crippen molar-refractivity contribution in [2.45, 2.75) is 38.0 Å². The van der Waals surface area contributed by atoms with E-state index in [1.165, 1.54) is 13.2 Å². The fourth-order valence-corrected chi connectivity index (χ4v) is 1.72. The molecule has 8 nitrogen and oxygen atoms in total. The van der Waals surface area contributed by atoms with Crippen LogP contribution in [0.1, 0.15) is 26.7 Å². The van der Waals surface area contributed by atoms with Gasteiger partial charge < -0.3 is 20.1 Å². The van der Waals surface area contributed by atoms with Crippen molar-refractivity contribution >= 4 is 35.1 Å². The number of rotatable bonds is 9. The number of nitrogens with one attached hydrogen (secondary N) is 1. The molecular formula is C12H19N3O5S. The van der Waals surface area contributed by atoms with Crippen molar-refractivity contribution in [3.8, 4) is 0 Å². The molecule has 0 saturated heterocycles. The lowest BCUT2D eigenvalue weighted by molar-refractivity contribution is -0.147. The lowest BCUT2D eigenvalue weighted by atomic mass is 10.1. The van der Waals surface area contributed by atoms with Gasteiger partial charge in [0, 0.05) is 6.42 Å². The summed E-state index contributed by atoms with van der Waals surface area (Å²) in [6.07, 6.45) is 1.99. The molecule has 0 radical (unpaired) electrons. The normalized spacial score (nSPS) is 14.3. The van der Waals surface area contributed by atoms with Crippen molar-refractivity contribution < 1.29 is 28.5 Å². The molecule has 0 aromatic rings. The Morgan fingerprint density at radius 3 is 2.57 bits per heavy atom. The van der Waals surface area contributed by atoms with Gasteiger partial charge in [-0.05, 0) is 31.4 Å². The maximum absolute atomic E-state index is 11.8. The first-order valence-corrected chi connectivity index (χ1v) is 7.95. The molecule has 21 heavy (non-hydrogen) atoms. The van der Waals surface area contributed by atoms with Crippen LogP contribution in [0.4, 0.5) is 0 Å². The van der Waals surface area contributed by atoms with Gasteiger partial charge in [-0.1, -0.05) is 0 Å². The number of carbonyl (C=O) groups is 3. The molecule has 0 spiro atoms. The number of Topliss-reactive ketones (excluding diaryl/α,β-unsaturated/α-hetero) is 1. The lowest BCUT2D eigenvalue weighted by Crippen LogP contribution is -2.47. The Labute approximate surface area is 126 Å². The van der Waals surface area contributed by atoms with Crippen LogP contribution in [0.5, 0.6) is 0 Å². The van der Waals surface area contributed by atoms with E-state index in [1.807, 2.05) is 0 Å². The zero-order valence-corrected chi connectivity index (χ0v) is 13.0. The molecule has 0 rings (SSSR count). The van der Waals surface area contributed by atoms with E-state index in [4.69, 9.17) is 10.3 Å². The number of esters is 1. The molecule has 0 aliphatic heterocycles. The van der Waals surface area contributed by atoms with Gasteiger partial charge in [-0.2, -0.15) is 4.79 Å². The zero-order valence-electron chi connectivity index (χ0n) is 12.2. The minimum Gasteiger partial charge on any atom is -0.616 e. The minimum atomic E-state index is -1.37. The highest BCUT2D eigenvalue weighted by atomic mass is 32.2. The largest absolute Gasteiger partial charge is 0.616 e. The highest BCUT2D eigenvalue weighted by Crippen LogP contribution is 2.04. The van der Waals surface area contributed by atoms with Gasteiger partial charge in [0.2, 0.25) is 5.78 Å². The van der Waals surface area contributed by atoms with Gasteiger partial charge in [0.15, 0.2) is 5.25 Å². The molecule has 0 aliphatic carbocycles. The van der Waals surface area contributed by atoms with Gasteiger partial charge in [0.05, 0.1) is 12.9 Å². The Bertz CT molecular complexity index is 435. The average molecular weight is 317 g/mol. The third-order valence-electron chi connectivity index (χ3n) is 2.64. The second-order valence-electron chi connectivity index (χ2n) is 4.20. The SMILES string of the molecule is CCOC(=O)[C@H](CCC(=O)C=[N+]=[N-])NC(=O)[C@H](C)[S+](C)[O-]. The van der Waals surface area contributed by atoms with E-state index in [9.17, 15) is 18.9 Å². The highest BCUT2D eigenvalue weighted by molar-refractivity contribution is 7.92. The van der Waals surface area contributed by atoms with Gasteiger partial charge in [-0.3, -0.25) is 9.59 Å². The average Bonchev–Trinajstić information content (AvgIpc) is 2.42. The van der Waals surface area contributed by atoms with Crippen molar-refractivity contribution in [2.75, 3.05) is 12.9 Å². The third kappa shape index (κ3) is 7.60. The van der Waals surface area contributed by atoms with Crippen LogP contribution < -0.4 is 5.32 Å². The smallest absolute Gasteiger partial charge is 0.328 e. The number of ether oxygens (including phenoxy) is 1. The summed E-state index contributed by atoms with van der Waals surface area (Å²) < 4.78 is 16.1. The summed E-state index contributed by atoms with van der Waals surface area (Å²) in [7, 11) is 0. The quantitative estimate of drug-likeness (QED) is 0.200. The molecule has 0 fully saturated rings. The standard InChI is InChI=1S/C12H19N3O5S/c1-4-20-12(18)10(6-5-9(16)7-14-13)15-11(17)8(2)21(3)19/h7-8,10H,4-6H2,1-3H3,(H,15,17)/t8-,10-,21?/m0/s1. The summed E-state index contributed by atoms with van der Waals surface area (Å²) in [4.78, 5) is 37.4. The molecule has 0 aromatic carbocycles. The second kappa shape index (κ2) is 10.1.